The van der Waals surface area contributed by atoms with Crippen molar-refractivity contribution in [2.75, 3.05) is 20.1 Å². The summed E-state index contributed by atoms with van der Waals surface area (Å²) in [7, 11) is 2.17. The van der Waals surface area contributed by atoms with Crippen LogP contribution in [0.15, 0.2) is 54.9 Å². The quantitative estimate of drug-likeness (QED) is 0.809. The highest BCUT2D eigenvalue weighted by Gasteiger charge is 2.12. The van der Waals surface area contributed by atoms with Gasteiger partial charge in [-0.25, -0.2) is 0 Å². The Kier molecular flexibility index (Phi) is 6.38. The van der Waals surface area contributed by atoms with E-state index >= 15 is 0 Å². The first-order valence-electron chi connectivity index (χ1n) is 7.62. The molecule has 1 unspecified atom stereocenters. The normalized spacial score (nSPS) is 12.5. The van der Waals surface area contributed by atoms with Crippen molar-refractivity contribution in [2.24, 2.45) is 5.73 Å². The van der Waals surface area contributed by atoms with Gasteiger partial charge in [-0.1, -0.05) is 30.3 Å². The van der Waals surface area contributed by atoms with E-state index in [-0.39, 0.29) is 0 Å². The number of aromatic nitrogens is 1. The predicted molar refractivity (Wildman–Crippen MR) is 88.2 cm³/mol. The van der Waals surface area contributed by atoms with E-state index in [2.05, 4.69) is 59.4 Å². The molecule has 0 fully saturated rings. The fourth-order valence-electron chi connectivity index (χ4n) is 2.53. The molecular formula is C18H25N3. The third kappa shape index (κ3) is 5.29. The van der Waals surface area contributed by atoms with Crippen LogP contribution < -0.4 is 5.73 Å². The average molecular weight is 283 g/mol. The van der Waals surface area contributed by atoms with Crippen LogP contribution in [0.25, 0.3) is 0 Å². The van der Waals surface area contributed by atoms with Crippen LogP contribution in [0, 0.1) is 0 Å². The van der Waals surface area contributed by atoms with Gasteiger partial charge in [0.25, 0.3) is 0 Å². The van der Waals surface area contributed by atoms with E-state index in [1.54, 1.807) is 0 Å². The number of nitrogens with two attached hydrogens (primary N) is 1. The van der Waals surface area contributed by atoms with Gasteiger partial charge in [-0.3, -0.25) is 4.98 Å². The molecule has 0 aliphatic heterocycles. The highest BCUT2D eigenvalue weighted by molar-refractivity contribution is 5.15. The highest BCUT2D eigenvalue weighted by atomic mass is 15.1. The number of pyridine rings is 1. The van der Waals surface area contributed by atoms with Crippen molar-refractivity contribution >= 4 is 0 Å². The first kappa shape index (κ1) is 15.7. The first-order chi connectivity index (χ1) is 10.3. The summed E-state index contributed by atoms with van der Waals surface area (Å²) in [6, 6.07) is 15.2. The Morgan fingerprint density at radius 2 is 1.67 bits per heavy atom. The monoisotopic (exact) mass is 283 g/mol. The molecule has 1 heterocycles. The number of benzene rings is 1. The topological polar surface area (TPSA) is 42.2 Å². The number of nitrogens with zero attached hydrogens (tertiary/aromatic N) is 2. The number of aryl methyl sites for hydroxylation is 1. The van der Waals surface area contributed by atoms with Crippen molar-refractivity contribution in [3.63, 3.8) is 0 Å². The third-order valence-electron chi connectivity index (χ3n) is 4.01. The minimum absolute atomic E-state index is 0.437. The Morgan fingerprint density at radius 1 is 1.00 bits per heavy atom. The van der Waals surface area contributed by atoms with Gasteiger partial charge in [0.05, 0.1) is 0 Å². The third-order valence-corrected chi connectivity index (χ3v) is 4.01. The lowest BCUT2D eigenvalue weighted by atomic mass is 10.0. The summed E-state index contributed by atoms with van der Waals surface area (Å²) < 4.78 is 0. The van der Waals surface area contributed by atoms with E-state index in [1.165, 1.54) is 11.1 Å². The maximum atomic E-state index is 5.96. The summed E-state index contributed by atoms with van der Waals surface area (Å²) in [6.07, 6.45) is 6.94. The lowest BCUT2D eigenvalue weighted by Gasteiger charge is -2.27. The van der Waals surface area contributed by atoms with Crippen molar-refractivity contribution in [1.29, 1.82) is 0 Å². The lowest BCUT2D eigenvalue weighted by Crippen LogP contribution is -2.39. The van der Waals surface area contributed by atoms with Gasteiger partial charge in [0.2, 0.25) is 0 Å². The van der Waals surface area contributed by atoms with Gasteiger partial charge in [-0.15, -0.1) is 0 Å². The molecule has 0 aliphatic rings. The standard InChI is InChI=1S/C18H25N3/c1-21(14-11-17-9-12-20-13-10-17)18(15-19)8-7-16-5-3-2-4-6-16/h2-6,9-10,12-13,18H,7-8,11,14-15,19H2,1H3. The molecule has 1 aromatic heterocycles. The number of rotatable bonds is 8. The number of likely N-dealkylation sites (N-methyl/N-ethyl adjacent to an activating group) is 1. The Bertz CT molecular complexity index is 498. The molecule has 0 radical (unpaired) electrons. The van der Waals surface area contributed by atoms with E-state index in [0.29, 0.717) is 12.6 Å². The average Bonchev–Trinajstić information content (AvgIpc) is 2.55. The molecule has 1 aromatic carbocycles. The molecule has 0 amide bonds. The molecular weight excluding hydrogens is 258 g/mol. The first-order valence-corrected chi connectivity index (χ1v) is 7.62. The predicted octanol–water partition coefficient (Wildman–Crippen LogP) is 2.52. The van der Waals surface area contributed by atoms with Gasteiger partial charge >= 0.3 is 0 Å². The van der Waals surface area contributed by atoms with Crippen molar-refractivity contribution < 1.29 is 0 Å². The van der Waals surface area contributed by atoms with Gasteiger partial charge in [0.1, 0.15) is 0 Å². The smallest absolute Gasteiger partial charge is 0.0270 e. The van der Waals surface area contributed by atoms with Gasteiger partial charge in [0.15, 0.2) is 0 Å². The van der Waals surface area contributed by atoms with Crippen molar-refractivity contribution in [3.05, 3.63) is 66.0 Å². The van der Waals surface area contributed by atoms with Gasteiger partial charge in [0, 0.05) is 31.5 Å². The molecule has 0 aliphatic carbocycles. The molecule has 0 bridgehead atoms. The highest BCUT2D eigenvalue weighted by Crippen LogP contribution is 2.09. The molecule has 3 heteroatoms. The van der Waals surface area contributed by atoms with Crippen molar-refractivity contribution in [3.8, 4) is 0 Å². The Labute approximate surface area is 127 Å². The van der Waals surface area contributed by atoms with Crippen LogP contribution in [-0.2, 0) is 12.8 Å². The minimum Gasteiger partial charge on any atom is -0.329 e. The van der Waals surface area contributed by atoms with Crippen LogP contribution in [0.5, 0.6) is 0 Å². The summed E-state index contributed by atoms with van der Waals surface area (Å²) in [5.74, 6) is 0. The Balaban J connectivity index is 1.79. The Morgan fingerprint density at radius 3 is 2.33 bits per heavy atom. The van der Waals surface area contributed by atoms with Crippen LogP contribution >= 0.6 is 0 Å². The Hall–Kier alpha value is -1.71. The van der Waals surface area contributed by atoms with Gasteiger partial charge in [-0.05, 0) is 49.6 Å². The summed E-state index contributed by atoms with van der Waals surface area (Å²) >= 11 is 0. The summed E-state index contributed by atoms with van der Waals surface area (Å²) in [4.78, 5) is 6.43. The lowest BCUT2D eigenvalue weighted by molar-refractivity contribution is 0.238. The molecule has 2 aromatic rings. The van der Waals surface area contributed by atoms with E-state index < -0.39 is 0 Å². The largest absolute Gasteiger partial charge is 0.329 e. The van der Waals surface area contributed by atoms with Crippen molar-refractivity contribution in [2.45, 2.75) is 25.3 Å². The van der Waals surface area contributed by atoms with E-state index in [4.69, 9.17) is 5.73 Å². The second-order valence-electron chi connectivity index (χ2n) is 5.50. The second-order valence-corrected chi connectivity index (χ2v) is 5.50. The molecule has 2 rings (SSSR count). The minimum atomic E-state index is 0.437. The van der Waals surface area contributed by atoms with Crippen LogP contribution in [0.4, 0.5) is 0 Å². The summed E-state index contributed by atoms with van der Waals surface area (Å²) in [5, 5.41) is 0. The van der Waals surface area contributed by atoms with Crippen LogP contribution in [0.1, 0.15) is 17.5 Å². The maximum Gasteiger partial charge on any atom is 0.0270 e. The molecule has 112 valence electrons. The van der Waals surface area contributed by atoms with E-state index in [1.807, 2.05) is 12.4 Å². The zero-order valence-corrected chi connectivity index (χ0v) is 12.8. The molecule has 0 spiro atoms. The van der Waals surface area contributed by atoms with Crippen molar-refractivity contribution in [1.82, 2.24) is 9.88 Å². The van der Waals surface area contributed by atoms with E-state index in [9.17, 15) is 0 Å². The number of hydrogen-bond acceptors (Lipinski definition) is 3. The van der Waals surface area contributed by atoms with Crippen LogP contribution in [0.3, 0.4) is 0 Å². The fraction of sp³-hybridized carbons (Fsp3) is 0.389. The summed E-state index contributed by atoms with van der Waals surface area (Å²) in [5.41, 5.74) is 8.67. The maximum absolute atomic E-state index is 5.96. The fourth-order valence-corrected chi connectivity index (χ4v) is 2.53. The number of hydrogen-bond donors (Lipinski definition) is 1. The summed E-state index contributed by atoms with van der Waals surface area (Å²) in [6.45, 7) is 1.74. The van der Waals surface area contributed by atoms with Gasteiger partial charge < -0.3 is 10.6 Å². The van der Waals surface area contributed by atoms with Crippen LogP contribution in [-0.4, -0.2) is 36.1 Å². The SMILES string of the molecule is CN(CCc1ccncc1)C(CN)CCc1ccccc1. The molecule has 1 atom stereocenters. The van der Waals surface area contributed by atoms with Crippen LogP contribution in [0.2, 0.25) is 0 Å². The molecule has 21 heavy (non-hydrogen) atoms. The second kappa shape index (κ2) is 8.55. The van der Waals surface area contributed by atoms with E-state index in [0.717, 1.165) is 25.8 Å². The molecule has 0 saturated carbocycles. The molecule has 2 N–H and O–H groups in total. The zero-order chi connectivity index (χ0) is 14.9. The molecule has 0 saturated heterocycles. The molecule has 3 nitrogen and oxygen atoms in total. The van der Waals surface area contributed by atoms with Gasteiger partial charge in [-0.2, -0.15) is 0 Å². The zero-order valence-electron chi connectivity index (χ0n) is 12.8.